The van der Waals surface area contributed by atoms with Crippen LogP contribution in [0.2, 0.25) is 0 Å². The number of hydrogen-bond donors (Lipinski definition) is 1. The molecule has 0 aromatic carbocycles. The minimum absolute atomic E-state index is 0.0931. The van der Waals surface area contributed by atoms with Crippen molar-refractivity contribution < 1.29 is 33.6 Å². The lowest BCUT2D eigenvalue weighted by Gasteiger charge is -2.25. The lowest BCUT2D eigenvalue weighted by Crippen LogP contribution is -2.32. The number of aliphatic hydroxyl groups is 1. The SMILES string of the molecule is CCOC(=O)/C=C/CCCOCC1=C(C(O)C(C)C)C(=O)OCO1. The summed E-state index contributed by atoms with van der Waals surface area (Å²) in [4.78, 5) is 22.9. The lowest BCUT2D eigenvalue weighted by molar-refractivity contribution is -0.157. The first-order chi connectivity index (χ1) is 11.5. The summed E-state index contributed by atoms with van der Waals surface area (Å²) in [6.45, 7) is 6.06. The summed E-state index contributed by atoms with van der Waals surface area (Å²) in [5, 5.41) is 10.1. The van der Waals surface area contributed by atoms with Gasteiger partial charge in [-0.2, -0.15) is 0 Å². The fourth-order valence-electron chi connectivity index (χ4n) is 2.00. The van der Waals surface area contributed by atoms with E-state index in [1.807, 2.05) is 0 Å². The molecular formula is C17H26O7. The minimum Gasteiger partial charge on any atom is -0.463 e. The fraction of sp³-hybridized carbons (Fsp3) is 0.647. The zero-order chi connectivity index (χ0) is 17.9. The topological polar surface area (TPSA) is 91.3 Å². The van der Waals surface area contributed by atoms with Gasteiger partial charge in [0.25, 0.3) is 0 Å². The van der Waals surface area contributed by atoms with Gasteiger partial charge in [0, 0.05) is 12.7 Å². The summed E-state index contributed by atoms with van der Waals surface area (Å²) >= 11 is 0. The first-order valence-electron chi connectivity index (χ1n) is 8.09. The van der Waals surface area contributed by atoms with Crippen molar-refractivity contribution in [3.05, 3.63) is 23.5 Å². The van der Waals surface area contributed by atoms with Crippen molar-refractivity contribution in [1.82, 2.24) is 0 Å². The van der Waals surface area contributed by atoms with Crippen molar-refractivity contribution in [2.75, 3.05) is 26.6 Å². The average Bonchev–Trinajstić information content (AvgIpc) is 2.53. The zero-order valence-corrected chi connectivity index (χ0v) is 14.4. The van der Waals surface area contributed by atoms with E-state index >= 15 is 0 Å². The normalized spacial score (nSPS) is 16.3. The molecule has 0 aromatic rings. The summed E-state index contributed by atoms with van der Waals surface area (Å²) < 4.78 is 20.4. The molecular weight excluding hydrogens is 316 g/mol. The van der Waals surface area contributed by atoms with Crippen molar-refractivity contribution in [3.63, 3.8) is 0 Å². The Morgan fingerprint density at radius 1 is 1.38 bits per heavy atom. The minimum atomic E-state index is -0.955. The maximum Gasteiger partial charge on any atom is 0.343 e. The van der Waals surface area contributed by atoms with Crippen LogP contribution in [0.25, 0.3) is 0 Å². The molecule has 0 radical (unpaired) electrons. The Kier molecular flexibility index (Phi) is 9.11. The van der Waals surface area contributed by atoms with Gasteiger partial charge in [0.2, 0.25) is 6.79 Å². The van der Waals surface area contributed by atoms with Crippen molar-refractivity contribution >= 4 is 11.9 Å². The Labute approximate surface area is 142 Å². The Balaban J connectivity index is 2.40. The van der Waals surface area contributed by atoms with E-state index in [2.05, 4.69) is 0 Å². The van der Waals surface area contributed by atoms with Gasteiger partial charge in [-0.15, -0.1) is 0 Å². The van der Waals surface area contributed by atoms with Gasteiger partial charge in [0.1, 0.15) is 17.9 Å². The van der Waals surface area contributed by atoms with Gasteiger partial charge in [-0.3, -0.25) is 0 Å². The van der Waals surface area contributed by atoms with Crippen LogP contribution in [0, 0.1) is 5.92 Å². The summed E-state index contributed by atoms with van der Waals surface area (Å²) in [5.41, 5.74) is 0.124. The number of allylic oxidation sites excluding steroid dienone is 1. The van der Waals surface area contributed by atoms with Crippen molar-refractivity contribution in [1.29, 1.82) is 0 Å². The van der Waals surface area contributed by atoms with Crippen LogP contribution in [-0.2, 0) is 28.5 Å². The molecule has 1 N–H and O–H groups in total. The molecule has 0 amide bonds. The molecule has 24 heavy (non-hydrogen) atoms. The lowest BCUT2D eigenvalue weighted by atomic mass is 9.98. The molecule has 1 atom stereocenters. The van der Waals surface area contributed by atoms with Gasteiger partial charge in [0.15, 0.2) is 0 Å². The highest BCUT2D eigenvalue weighted by molar-refractivity contribution is 5.90. The van der Waals surface area contributed by atoms with Crippen molar-refractivity contribution in [3.8, 4) is 0 Å². The van der Waals surface area contributed by atoms with Crippen LogP contribution in [-0.4, -0.2) is 49.8 Å². The molecule has 0 spiro atoms. The Morgan fingerprint density at radius 3 is 2.79 bits per heavy atom. The number of cyclic esters (lactones) is 1. The molecule has 7 nitrogen and oxygen atoms in total. The van der Waals surface area contributed by atoms with E-state index in [9.17, 15) is 14.7 Å². The van der Waals surface area contributed by atoms with E-state index in [4.69, 9.17) is 18.9 Å². The van der Waals surface area contributed by atoms with Crippen molar-refractivity contribution in [2.24, 2.45) is 5.92 Å². The Morgan fingerprint density at radius 2 is 2.12 bits per heavy atom. The van der Waals surface area contributed by atoms with Crippen LogP contribution in [0.5, 0.6) is 0 Å². The van der Waals surface area contributed by atoms with Crippen LogP contribution in [0.4, 0.5) is 0 Å². The Bertz CT molecular complexity index is 479. The maximum absolute atomic E-state index is 11.8. The van der Waals surface area contributed by atoms with Gasteiger partial charge in [-0.25, -0.2) is 9.59 Å². The van der Waals surface area contributed by atoms with Crippen molar-refractivity contribution in [2.45, 2.75) is 39.7 Å². The van der Waals surface area contributed by atoms with Crippen LogP contribution in [0.3, 0.4) is 0 Å². The zero-order valence-electron chi connectivity index (χ0n) is 14.4. The number of unbranched alkanes of at least 4 members (excludes halogenated alkanes) is 1. The van der Waals surface area contributed by atoms with Gasteiger partial charge in [-0.1, -0.05) is 19.9 Å². The number of aliphatic hydroxyl groups excluding tert-OH is 1. The summed E-state index contributed by atoms with van der Waals surface area (Å²) in [7, 11) is 0. The second kappa shape index (κ2) is 10.8. The second-order valence-electron chi connectivity index (χ2n) is 5.57. The molecule has 0 saturated heterocycles. The Hall–Kier alpha value is -1.86. The molecule has 136 valence electrons. The largest absolute Gasteiger partial charge is 0.463 e. The predicted molar refractivity (Wildman–Crippen MR) is 85.7 cm³/mol. The molecule has 0 saturated carbocycles. The highest BCUT2D eigenvalue weighted by Gasteiger charge is 2.31. The first kappa shape index (κ1) is 20.2. The molecule has 1 unspecified atom stereocenters. The van der Waals surface area contributed by atoms with Crippen LogP contribution in [0.15, 0.2) is 23.5 Å². The number of hydrogen-bond acceptors (Lipinski definition) is 7. The number of esters is 2. The van der Waals surface area contributed by atoms with E-state index < -0.39 is 12.1 Å². The van der Waals surface area contributed by atoms with Crippen LogP contribution in [0.1, 0.15) is 33.6 Å². The first-order valence-corrected chi connectivity index (χ1v) is 8.09. The molecule has 1 aliphatic heterocycles. The smallest absolute Gasteiger partial charge is 0.343 e. The molecule has 1 aliphatic rings. The predicted octanol–water partition coefficient (Wildman–Crippen LogP) is 1.70. The highest BCUT2D eigenvalue weighted by Crippen LogP contribution is 2.22. The molecule has 0 aromatic heterocycles. The highest BCUT2D eigenvalue weighted by atomic mass is 16.7. The number of carbonyl (C=O) groups is 2. The van der Waals surface area contributed by atoms with E-state index in [0.29, 0.717) is 31.8 Å². The number of rotatable bonds is 10. The van der Waals surface area contributed by atoms with E-state index in [0.717, 1.165) is 0 Å². The van der Waals surface area contributed by atoms with Crippen LogP contribution >= 0.6 is 0 Å². The molecule has 7 heteroatoms. The third kappa shape index (κ3) is 6.72. The maximum atomic E-state index is 11.8. The van der Waals surface area contributed by atoms with E-state index in [-0.39, 0.29) is 30.9 Å². The van der Waals surface area contributed by atoms with E-state index in [1.54, 1.807) is 26.8 Å². The third-order valence-electron chi connectivity index (χ3n) is 3.30. The summed E-state index contributed by atoms with van der Waals surface area (Å²) in [5.74, 6) is -0.754. The van der Waals surface area contributed by atoms with Gasteiger partial charge >= 0.3 is 11.9 Å². The standard InChI is InChI=1S/C17H26O7/c1-4-22-14(18)8-6-5-7-9-21-10-13-15(16(19)12(2)3)17(20)24-11-23-13/h6,8,12,16,19H,4-5,7,9-11H2,1-3H3/b8-6+. The van der Waals surface area contributed by atoms with Gasteiger partial charge in [0.05, 0.1) is 12.7 Å². The fourth-order valence-corrected chi connectivity index (χ4v) is 2.00. The van der Waals surface area contributed by atoms with Gasteiger partial charge < -0.3 is 24.1 Å². The number of carbonyl (C=O) groups excluding carboxylic acids is 2. The molecule has 0 fully saturated rings. The summed E-state index contributed by atoms with van der Waals surface area (Å²) in [6, 6.07) is 0. The molecule has 1 heterocycles. The molecule has 0 bridgehead atoms. The van der Waals surface area contributed by atoms with E-state index in [1.165, 1.54) is 6.08 Å². The average molecular weight is 342 g/mol. The quantitative estimate of drug-likeness (QED) is 0.367. The molecule has 1 rings (SSSR count). The third-order valence-corrected chi connectivity index (χ3v) is 3.30. The second-order valence-corrected chi connectivity index (χ2v) is 5.57. The summed E-state index contributed by atoms with van der Waals surface area (Å²) in [6.07, 6.45) is 3.54. The monoisotopic (exact) mass is 342 g/mol. The molecule has 0 aliphatic carbocycles. The van der Waals surface area contributed by atoms with Gasteiger partial charge in [-0.05, 0) is 25.7 Å². The number of ether oxygens (including phenoxy) is 4. The van der Waals surface area contributed by atoms with Crippen LogP contribution < -0.4 is 0 Å².